The minimum Gasteiger partial charge on any atom is -0.454 e. The lowest BCUT2D eigenvalue weighted by molar-refractivity contribution is 0.573. The highest BCUT2D eigenvalue weighted by Crippen LogP contribution is 2.43. The molecule has 2 nitrogen and oxygen atoms in total. The Labute approximate surface area is 199 Å². The predicted molar refractivity (Wildman–Crippen MR) is 145 cm³/mol. The summed E-state index contributed by atoms with van der Waals surface area (Å²) in [5, 5.41) is 8.39. The molecule has 6 aromatic rings. The van der Waals surface area contributed by atoms with Crippen molar-refractivity contribution >= 4 is 44.1 Å². The van der Waals surface area contributed by atoms with Gasteiger partial charge in [0.05, 0.1) is 5.69 Å². The number of hydrogen-bond acceptors (Lipinski definition) is 2. The van der Waals surface area contributed by atoms with Gasteiger partial charge < -0.3 is 9.73 Å². The average molecular weight is 442 g/mol. The fraction of sp³-hybridized carbons (Fsp3) is 0.125. The largest absolute Gasteiger partial charge is 0.454 e. The van der Waals surface area contributed by atoms with Crippen molar-refractivity contribution in [1.82, 2.24) is 0 Å². The topological polar surface area (TPSA) is 25.2 Å². The van der Waals surface area contributed by atoms with Crippen molar-refractivity contribution in [3.05, 3.63) is 109 Å². The summed E-state index contributed by atoms with van der Waals surface area (Å²) in [5.74, 6) is 0. The average Bonchev–Trinajstić information content (AvgIpc) is 3.25. The minimum atomic E-state index is -0.00987. The number of fused-ring (bicyclic) bond motifs is 5. The number of benzene rings is 5. The Morgan fingerprint density at radius 1 is 0.618 bits per heavy atom. The predicted octanol–water partition coefficient (Wildman–Crippen LogP) is 9.45. The molecule has 166 valence electrons. The first-order valence-electron chi connectivity index (χ1n) is 11.8. The third-order valence-electron chi connectivity index (χ3n) is 6.57. The molecule has 5 aromatic carbocycles. The zero-order valence-corrected chi connectivity index (χ0v) is 19.7. The number of hydrogen-bond donors (Lipinski definition) is 1. The van der Waals surface area contributed by atoms with E-state index in [1.54, 1.807) is 0 Å². The maximum Gasteiger partial charge on any atom is 0.159 e. The van der Waals surface area contributed by atoms with Crippen molar-refractivity contribution in [3.8, 4) is 11.1 Å². The molecule has 0 aliphatic heterocycles. The van der Waals surface area contributed by atoms with Gasteiger partial charge in [-0.3, -0.25) is 0 Å². The van der Waals surface area contributed by atoms with E-state index in [2.05, 4.69) is 123 Å². The van der Waals surface area contributed by atoms with Gasteiger partial charge in [0.15, 0.2) is 5.58 Å². The van der Waals surface area contributed by atoms with Crippen molar-refractivity contribution in [3.63, 3.8) is 0 Å². The molecule has 0 aliphatic rings. The van der Waals surface area contributed by atoms with Crippen LogP contribution in [0.1, 0.15) is 26.3 Å². The van der Waals surface area contributed by atoms with E-state index in [0.717, 1.165) is 22.5 Å². The van der Waals surface area contributed by atoms with E-state index >= 15 is 0 Å². The van der Waals surface area contributed by atoms with Gasteiger partial charge >= 0.3 is 0 Å². The second-order valence-corrected chi connectivity index (χ2v) is 9.95. The van der Waals surface area contributed by atoms with Crippen LogP contribution >= 0.6 is 0 Å². The SMILES string of the molecule is CC(C)(C)c1cccc2c1oc1c(Nc3ccc(-c4ccccc4)cc3)cc3ccccc3c12. The summed E-state index contributed by atoms with van der Waals surface area (Å²) < 4.78 is 6.65. The Balaban J connectivity index is 1.53. The first kappa shape index (κ1) is 20.6. The number of furan rings is 1. The molecule has 0 atom stereocenters. The highest BCUT2D eigenvalue weighted by molar-refractivity contribution is 6.22. The Kier molecular flexibility index (Phi) is 4.70. The van der Waals surface area contributed by atoms with Gasteiger partial charge in [-0.1, -0.05) is 106 Å². The molecule has 1 heterocycles. The van der Waals surface area contributed by atoms with Gasteiger partial charge in [-0.05, 0) is 45.5 Å². The summed E-state index contributed by atoms with van der Waals surface area (Å²) in [6.45, 7) is 6.71. The van der Waals surface area contributed by atoms with Crippen LogP contribution < -0.4 is 5.32 Å². The molecule has 0 spiro atoms. The molecule has 0 bridgehead atoms. The molecule has 34 heavy (non-hydrogen) atoms. The van der Waals surface area contributed by atoms with E-state index in [1.165, 1.54) is 38.2 Å². The third-order valence-corrected chi connectivity index (χ3v) is 6.57. The van der Waals surface area contributed by atoms with Crippen LogP contribution in [0.15, 0.2) is 108 Å². The zero-order valence-electron chi connectivity index (χ0n) is 19.7. The molecule has 0 fully saturated rings. The second kappa shape index (κ2) is 7.78. The highest BCUT2D eigenvalue weighted by atomic mass is 16.3. The van der Waals surface area contributed by atoms with Crippen LogP contribution in [-0.2, 0) is 5.41 Å². The number of nitrogens with one attached hydrogen (secondary N) is 1. The standard InChI is InChI=1S/C32H27NO/c1-32(2,3)27-15-9-14-26-29-25-13-8-7-12-23(25)20-28(31(29)34-30(26)27)33-24-18-16-22(17-19-24)21-10-5-4-6-11-21/h4-20,33H,1-3H3. The molecule has 0 saturated carbocycles. The fourth-order valence-electron chi connectivity index (χ4n) is 4.86. The maximum absolute atomic E-state index is 6.65. The van der Waals surface area contributed by atoms with Crippen LogP contribution in [0, 0.1) is 0 Å². The lowest BCUT2D eigenvalue weighted by Gasteiger charge is -2.18. The van der Waals surface area contributed by atoms with Crippen LogP contribution in [0.2, 0.25) is 0 Å². The number of para-hydroxylation sites is 1. The van der Waals surface area contributed by atoms with Gasteiger partial charge in [0, 0.05) is 22.0 Å². The summed E-state index contributed by atoms with van der Waals surface area (Å²) in [5.41, 5.74) is 7.53. The molecule has 0 saturated heterocycles. The molecule has 1 aromatic heterocycles. The van der Waals surface area contributed by atoms with Crippen LogP contribution in [0.5, 0.6) is 0 Å². The second-order valence-electron chi connectivity index (χ2n) is 9.95. The van der Waals surface area contributed by atoms with Crippen molar-refractivity contribution in [1.29, 1.82) is 0 Å². The Bertz CT molecular complexity index is 1630. The summed E-state index contributed by atoms with van der Waals surface area (Å²) >= 11 is 0. The smallest absolute Gasteiger partial charge is 0.159 e. The van der Waals surface area contributed by atoms with Gasteiger partial charge in [-0.15, -0.1) is 0 Å². The quantitative estimate of drug-likeness (QED) is 0.296. The fourth-order valence-corrected chi connectivity index (χ4v) is 4.86. The Hall–Kier alpha value is -4.04. The van der Waals surface area contributed by atoms with Gasteiger partial charge in [-0.25, -0.2) is 0 Å². The first-order chi connectivity index (χ1) is 16.5. The van der Waals surface area contributed by atoms with Crippen molar-refractivity contribution in [2.75, 3.05) is 5.32 Å². The lowest BCUT2D eigenvalue weighted by atomic mass is 9.86. The van der Waals surface area contributed by atoms with Crippen LogP contribution in [0.25, 0.3) is 43.8 Å². The van der Waals surface area contributed by atoms with Gasteiger partial charge in [0.2, 0.25) is 0 Å². The van der Waals surface area contributed by atoms with Crippen molar-refractivity contribution in [2.45, 2.75) is 26.2 Å². The molecule has 0 radical (unpaired) electrons. The van der Waals surface area contributed by atoms with Gasteiger partial charge in [-0.2, -0.15) is 0 Å². The van der Waals surface area contributed by atoms with E-state index in [9.17, 15) is 0 Å². The van der Waals surface area contributed by atoms with Crippen LogP contribution in [0.3, 0.4) is 0 Å². The lowest BCUT2D eigenvalue weighted by Crippen LogP contribution is -2.10. The van der Waals surface area contributed by atoms with Gasteiger partial charge in [0.1, 0.15) is 5.58 Å². The first-order valence-corrected chi connectivity index (χ1v) is 11.8. The molecule has 0 amide bonds. The summed E-state index contributed by atoms with van der Waals surface area (Å²) in [6, 6.07) is 36.3. The molecule has 2 heteroatoms. The van der Waals surface area contributed by atoms with E-state index in [-0.39, 0.29) is 5.41 Å². The van der Waals surface area contributed by atoms with Crippen molar-refractivity contribution < 1.29 is 4.42 Å². The van der Waals surface area contributed by atoms with E-state index < -0.39 is 0 Å². The number of anilines is 2. The number of rotatable bonds is 3. The van der Waals surface area contributed by atoms with Crippen LogP contribution in [0.4, 0.5) is 11.4 Å². The summed E-state index contributed by atoms with van der Waals surface area (Å²) in [7, 11) is 0. The maximum atomic E-state index is 6.65. The summed E-state index contributed by atoms with van der Waals surface area (Å²) in [6.07, 6.45) is 0. The summed E-state index contributed by atoms with van der Waals surface area (Å²) in [4.78, 5) is 0. The molecular formula is C32H27NO. The Morgan fingerprint density at radius 2 is 1.29 bits per heavy atom. The van der Waals surface area contributed by atoms with E-state index in [1.807, 2.05) is 6.07 Å². The van der Waals surface area contributed by atoms with Crippen LogP contribution in [-0.4, -0.2) is 0 Å². The van der Waals surface area contributed by atoms with E-state index in [0.29, 0.717) is 0 Å². The van der Waals surface area contributed by atoms with Crippen molar-refractivity contribution in [2.24, 2.45) is 0 Å². The molecule has 1 N–H and O–H groups in total. The zero-order chi connectivity index (χ0) is 23.3. The monoisotopic (exact) mass is 441 g/mol. The molecule has 6 rings (SSSR count). The Morgan fingerprint density at radius 3 is 2.06 bits per heavy atom. The van der Waals surface area contributed by atoms with Gasteiger partial charge in [0.25, 0.3) is 0 Å². The molecular weight excluding hydrogens is 414 g/mol. The van der Waals surface area contributed by atoms with E-state index in [4.69, 9.17) is 4.42 Å². The minimum absolute atomic E-state index is 0.00987. The molecule has 0 aliphatic carbocycles. The normalized spacial score (nSPS) is 12.0. The highest BCUT2D eigenvalue weighted by Gasteiger charge is 2.22. The molecule has 0 unspecified atom stereocenters. The third kappa shape index (κ3) is 3.43.